The van der Waals surface area contributed by atoms with E-state index in [0.29, 0.717) is 12.1 Å². The van der Waals surface area contributed by atoms with Gasteiger partial charge < -0.3 is 20.4 Å². The van der Waals surface area contributed by atoms with Crippen molar-refractivity contribution in [2.24, 2.45) is 5.92 Å². The minimum Gasteiger partial charge on any atom is -0.354 e. The topological polar surface area (TPSA) is 64.7 Å². The number of benzene rings is 3. The highest BCUT2D eigenvalue weighted by Gasteiger charge is 2.28. The van der Waals surface area contributed by atoms with Crippen LogP contribution in [0.1, 0.15) is 25.0 Å². The summed E-state index contributed by atoms with van der Waals surface area (Å²) in [7, 11) is 4.00. The summed E-state index contributed by atoms with van der Waals surface area (Å²) in [6.07, 6.45) is 0. The van der Waals surface area contributed by atoms with E-state index in [1.807, 2.05) is 112 Å². The minimum atomic E-state index is -0.133. The Morgan fingerprint density at radius 2 is 1.54 bits per heavy atom. The molecular formula is C29H32N4O2. The van der Waals surface area contributed by atoms with Crippen LogP contribution in [0, 0.1) is 5.92 Å². The van der Waals surface area contributed by atoms with Crippen molar-refractivity contribution in [3.05, 3.63) is 90.0 Å². The van der Waals surface area contributed by atoms with Crippen LogP contribution in [0.4, 0.5) is 17.1 Å². The number of fused-ring (bicyclic) bond motifs is 1. The van der Waals surface area contributed by atoms with Gasteiger partial charge in [-0.2, -0.15) is 0 Å². The van der Waals surface area contributed by atoms with Gasteiger partial charge in [-0.05, 0) is 50.0 Å². The second kappa shape index (κ2) is 10.6. The average molecular weight is 469 g/mol. The van der Waals surface area contributed by atoms with Crippen molar-refractivity contribution < 1.29 is 9.59 Å². The highest BCUT2D eigenvalue weighted by Crippen LogP contribution is 2.37. The van der Waals surface area contributed by atoms with Crippen molar-refractivity contribution in [3.8, 4) is 0 Å². The SMILES string of the molecule is CC(C)C(=O)N(CCN(C)C)c1ccc(NC(=C2C(=O)Nc3ccccc32)c2ccccc2)cc1. The first-order chi connectivity index (χ1) is 16.8. The molecule has 2 N–H and O–H groups in total. The number of carbonyl (C=O) groups excluding carboxylic acids is 2. The zero-order valence-corrected chi connectivity index (χ0v) is 20.7. The third-order valence-electron chi connectivity index (χ3n) is 5.96. The van der Waals surface area contributed by atoms with Gasteiger partial charge in [-0.3, -0.25) is 9.59 Å². The van der Waals surface area contributed by atoms with E-state index in [2.05, 4.69) is 15.5 Å². The predicted octanol–water partition coefficient (Wildman–Crippen LogP) is 5.17. The molecule has 0 atom stereocenters. The van der Waals surface area contributed by atoms with Gasteiger partial charge in [0.2, 0.25) is 5.91 Å². The maximum Gasteiger partial charge on any atom is 0.258 e. The number of carbonyl (C=O) groups is 2. The van der Waals surface area contributed by atoms with Gasteiger partial charge in [0.15, 0.2) is 0 Å². The summed E-state index contributed by atoms with van der Waals surface area (Å²) in [5, 5.41) is 6.45. The summed E-state index contributed by atoms with van der Waals surface area (Å²) in [5.74, 6) is -0.129. The second-order valence-corrected chi connectivity index (χ2v) is 9.24. The molecule has 0 saturated heterocycles. The van der Waals surface area contributed by atoms with Gasteiger partial charge >= 0.3 is 0 Å². The van der Waals surface area contributed by atoms with Crippen LogP contribution in [-0.4, -0.2) is 43.9 Å². The summed E-state index contributed by atoms with van der Waals surface area (Å²) in [5.41, 5.74) is 5.64. The molecule has 2 amide bonds. The maximum absolute atomic E-state index is 13.0. The third kappa shape index (κ3) is 5.44. The van der Waals surface area contributed by atoms with E-state index in [1.165, 1.54) is 0 Å². The summed E-state index contributed by atoms with van der Waals surface area (Å²) >= 11 is 0. The Hall–Kier alpha value is -3.90. The lowest BCUT2D eigenvalue weighted by Gasteiger charge is -2.26. The number of hydrogen-bond donors (Lipinski definition) is 2. The lowest BCUT2D eigenvalue weighted by molar-refractivity contribution is -0.121. The lowest BCUT2D eigenvalue weighted by Crippen LogP contribution is -2.39. The average Bonchev–Trinajstić information content (AvgIpc) is 3.19. The molecular weight excluding hydrogens is 436 g/mol. The number of hydrogen-bond acceptors (Lipinski definition) is 4. The fourth-order valence-corrected chi connectivity index (χ4v) is 4.10. The number of anilines is 3. The number of amides is 2. The number of rotatable bonds is 8. The van der Waals surface area contributed by atoms with Crippen LogP contribution in [0.15, 0.2) is 78.9 Å². The van der Waals surface area contributed by atoms with Crippen LogP contribution in [-0.2, 0) is 9.59 Å². The lowest BCUT2D eigenvalue weighted by atomic mass is 10.00. The Balaban J connectivity index is 1.69. The van der Waals surface area contributed by atoms with Gasteiger partial charge in [0.25, 0.3) is 5.91 Å². The summed E-state index contributed by atoms with van der Waals surface area (Å²) in [6, 6.07) is 25.4. The number of nitrogens with one attached hydrogen (secondary N) is 2. The molecule has 0 unspecified atom stereocenters. The van der Waals surface area contributed by atoms with Gasteiger partial charge in [0.1, 0.15) is 0 Å². The molecule has 1 aliphatic rings. The zero-order chi connectivity index (χ0) is 24.9. The summed E-state index contributed by atoms with van der Waals surface area (Å²) in [6.45, 7) is 5.23. The van der Waals surface area contributed by atoms with Crippen LogP contribution >= 0.6 is 0 Å². The molecule has 6 heteroatoms. The Morgan fingerprint density at radius 1 is 0.886 bits per heavy atom. The molecule has 0 fully saturated rings. The van der Waals surface area contributed by atoms with Gasteiger partial charge in [0.05, 0.1) is 11.3 Å². The van der Waals surface area contributed by atoms with Crippen molar-refractivity contribution in [2.75, 3.05) is 42.7 Å². The fraction of sp³-hybridized carbons (Fsp3) is 0.241. The number of likely N-dealkylation sites (N-methyl/N-ethyl adjacent to an activating group) is 1. The first-order valence-corrected chi connectivity index (χ1v) is 11.9. The molecule has 1 heterocycles. The van der Waals surface area contributed by atoms with E-state index in [9.17, 15) is 9.59 Å². The van der Waals surface area contributed by atoms with Crippen molar-refractivity contribution in [1.82, 2.24) is 4.90 Å². The molecule has 35 heavy (non-hydrogen) atoms. The van der Waals surface area contributed by atoms with Crippen LogP contribution in [0.25, 0.3) is 11.3 Å². The predicted molar refractivity (Wildman–Crippen MR) is 144 cm³/mol. The standard InChI is InChI=1S/C29H32N4O2/c1-20(2)29(35)33(19-18-32(3)4)23-16-14-22(15-17-23)30-27(21-10-6-5-7-11-21)26-24-12-8-9-13-25(24)31-28(26)34/h5-17,20,30H,18-19H2,1-4H3,(H,31,34). The molecule has 3 aromatic rings. The zero-order valence-electron chi connectivity index (χ0n) is 20.7. The summed E-state index contributed by atoms with van der Waals surface area (Å²) in [4.78, 5) is 29.8. The largest absolute Gasteiger partial charge is 0.354 e. The van der Waals surface area contributed by atoms with E-state index in [-0.39, 0.29) is 17.7 Å². The molecule has 1 aliphatic heterocycles. The molecule has 0 aromatic heterocycles. The van der Waals surface area contributed by atoms with Crippen molar-refractivity contribution in [2.45, 2.75) is 13.8 Å². The summed E-state index contributed by atoms with van der Waals surface area (Å²) < 4.78 is 0. The Labute approximate surface area is 207 Å². The second-order valence-electron chi connectivity index (χ2n) is 9.24. The Bertz CT molecular complexity index is 1230. The first kappa shape index (κ1) is 24.2. The van der Waals surface area contributed by atoms with E-state index in [1.54, 1.807) is 0 Å². The minimum absolute atomic E-state index is 0.0923. The third-order valence-corrected chi connectivity index (χ3v) is 5.96. The van der Waals surface area contributed by atoms with Gasteiger partial charge in [-0.1, -0.05) is 62.4 Å². The molecule has 180 valence electrons. The number of para-hydroxylation sites is 1. The van der Waals surface area contributed by atoms with Crippen LogP contribution in [0.2, 0.25) is 0 Å². The quantitative estimate of drug-likeness (QED) is 0.448. The molecule has 3 aromatic carbocycles. The molecule has 0 spiro atoms. The van der Waals surface area contributed by atoms with Crippen LogP contribution < -0.4 is 15.5 Å². The van der Waals surface area contributed by atoms with Gasteiger partial charge in [-0.15, -0.1) is 0 Å². The van der Waals surface area contributed by atoms with Crippen LogP contribution in [0.5, 0.6) is 0 Å². The Kier molecular flexibility index (Phi) is 7.32. The normalized spacial score (nSPS) is 14.1. The molecule has 6 nitrogen and oxygen atoms in total. The van der Waals surface area contributed by atoms with E-state index in [4.69, 9.17) is 0 Å². The van der Waals surface area contributed by atoms with Gasteiger partial charge in [-0.25, -0.2) is 0 Å². The van der Waals surface area contributed by atoms with E-state index < -0.39 is 0 Å². The molecule has 0 radical (unpaired) electrons. The van der Waals surface area contributed by atoms with Crippen LogP contribution in [0.3, 0.4) is 0 Å². The number of nitrogens with zero attached hydrogens (tertiary/aromatic N) is 2. The maximum atomic E-state index is 13.0. The highest BCUT2D eigenvalue weighted by atomic mass is 16.2. The molecule has 0 saturated carbocycles. The van der Waals surface area contributed by atoms with E-state index in [0.717, 1.165) is 40.4 Å². The fourth-order valence-electron chi connectivity index (χ4n) is 4.10. The molecule has 0 aliphatic carbocycles. The highest BCUT2D eigenvalue weighted by molar-refractivity contribution is 6.37. The first-order valence-electron chi connectivity index (χ1n) is 11.9. The van der Waals surface area contributed by atoms with E-state index >= 15 is 0 Å². The van der Waals surface area contributed by atoms with Crippen molar-refractivity contribution >= 4 is 40.1 Å². The monoisotopic (exact) mass is 468 g/mol. The van der Waals surface area contributed by atoms with Crippen molar-refractivity contribution in [3.63, 3.8) is 0 Å². The van der Waals surface area contributed by atoms with Gasteiger partial charge in [0, 0.05) is 41.6 Å². The Morgan fingerprint density at radius 3 is 2.20 bits per heavy atom. The molecule has 0 bridgehead atoms. The van der Waals surface area contributed by atoms with Crippen molar-refractivity contribution in [1.29, 1.82) is 0 Å². The molecule has 4 rings (SSSR count). The smallest absolute Gasteiger partial charge is 0.258 e.